The first-order valence-corrected chi connectivity index (χ1v) is 10.9. The van der Waals surface area contributed by atoms with E-state index in [1.54, 1.807) is 0 Å². The highest BCUT2D eigenvalue weighted by atomic mass is 16.5. The van der Waals surface area contributed by atoms with Crippen LogP contribution in [0.15, 0.2) is 12.1 Å². The van der Waals surface area contributed by atoms with Gasteiger partial charge in [-0.1, -0.05) is 0 Å². The van der Waals surface area contributed by atoms with E-state index in [1.165, 1.54) is 0 Å². The largest absolute Gasteiger partial charge is 0.378 e. The summed E-state index contributed by atoms with van der Waals surface area (Å²) >= 11 is 0. The van der Waals surface area contributed by atoms with Crippen LogP contribution in [0.3, 0.4) is 0 Å². The van der Waals surface area contributed by atoms with Crippen molar-refractivity contribution in [3.8, 4) is 6.07 Å². The van der Waals surface area contributed by atoms with Crippen molar-refractivity contribution < 1.29 is 9.53 Å². The average Bonchev–Trinajstić information content (AvgIpc) is 2.79. The topological polar surface area (TPSA) is 72.7 Å². The number of aromatic nitrogens is 1. The summed E-state index contributed by atoms with van der Waals surface area (Å²) in [6, 6.07) is 6.56. The number of morpholine rings is 1. The molecule has 0 saturated carbocycles. The van der Waals surface area contributed by atoms with Crippen molar-refractivity contribution in [3.05, 3.63) is 23.4 Å². The third kappa shape index (κ3) is 4.54. The molecule has 7 nitrogen and oxygen atoms in total. The summed E-state index contributed by atoms with van der Waals surface area (Å²) in [7, 11) is 0. The number of hydrogen-bond donors (Lipinski definition) is 0. The number of carbonyl (C=O) groups is 1. The number of aryl methyl sites for hydroxylation is 1. The van der Waals surface area contributed by atoms with Crippen molar-refractivity contribution in [2.45, 2.75) is 38.6 Å². The molecule has 7 heteroatoms. The SMILES string of the molecule is Cc1ccc(C#N)c(N2CCC(N3CCC[C@@H](C(=O)N4CCOCC4)C3)CC2)n1. The molecule has 1 atom stereocenters. The lowest BCUT2D eigenvalue weighted by Crippen LogP contribution is -2.52. The van der Waals surface area contributed by atoms with E-state index in [1.807, 2.05) is 24.0 Å². The number of piperidine rings is 2. The van der Waals surface area contributed by atoms with Gasteiger partial charge in [0.15, 0.2) is 0 Å². The quantitative estimate of drug-likeness (QED) is 0.774. The second-order valence-corrected chi connectivity index (χ2v) is 8.43. The normalized spacial score (nSPS) is 24.3. The van der Waals surface area contributed by atoms with Crippen LogP contribution in [0.1, 0.15) is 36.9 Å². The van der Waals surface area contributed by atoms with Crippen molar-refractivity contribution >= 4 is 11.7 Å². The number of nitrogens with zero attached hydrogens (tertiary/aromatic N) is 5. The zero-order chi connectivity index (χ0) is 20.2. The molecule has 0 unspecified atom stereocenters. The van der Waals surface area contributed by atoms with E-state index in [2.05, 4.69) is 20.9 Å². The Morgan fingerprint density at radius 1 is 1.14 bits per heavy atom. The number of rotatable bonds is 3. The maximum absolute atomic E-state index is 12.9. The fourth-order valence-corrected chi connectivity index (χ4v) is 4.90. The van der Waals surface area contributed by atoms with E-state index in [4.69, 9.17) is 4.74 Å². The van der Waals surface area contributed by atoms with Crippen LogP contribution in [-0.4, -0.2) is 79.2 Å². The molecular weight excluding hydrogens is 366 g/mol. The molecule has 0 radical (unpaired) electrons. The number of carbonyl (C=O) groups excluding carboxylic acids is 1. The van der Waals surface area contributed by atoms with Crippen molar-refractivity contribution in [1.82, 2.24) is 14.8 Å². The standard InChI is InChI=1S/C22H31N5O2/c1-17-4-5-18(15-23)21(24-17)25-9-6-20(7-10-25)27-8-2-3-19(16-27)22(28)26-11-13-29-14-12-26/h4-5,19-20H,2-3,6-14,16H2,1H3/t19-/m1/s1. The Morgan fingerprint density at radius 3 is 2.62 bits per heavy atom. The predicted molar refractivity (Wildman–Crippen MR) is 111 cm³/mol. The van der Waals surface area contributed by atoms with Gasteiger partial charge in [0.1, 0.15) is 11.9 Å². The van der Waals surface area contributed by atoms with Gasteiger partial charge in [0.05, 0.1) is 24.7 Å². The number of likely N-dealkylation sites (tertiary alicyclic amines) is 1. The fourth-order valence-electron chi connectivity index (χ4n) is 4.90. The summed E-state index contributed by atoms with van der Waals surface area (Å²) in [5.74, 6) is 1.27. The zero-order valence-corrected chi connectivity index (χ0v) is 17.3. The molecule has 1 amide bonds. The molecule has 156 valence electrons. The van der Waals surface area contributed by atoms with Gasteiger partial charge in [0.25, 0.3) is 0 Å². The summed E-state index contributed by atoms with van der Waals surface area (Å²) in [5, 5.41) is 9.42. The van der Waals surface area contributed by atoms with Crippen LogP contribution in [-0.2, 0) is 9.53 Å². The Balaban J connectivity index is 1.34. The maximum atomic E-state index is 12.9. The van der Waals surface area contributed by atoms with E-state index in [0.717, 1.165) is 76.5 Å². The number of anilines is 1. The Hall–Kier alpha value is -2.17. The van der Waals surface area contributed by atoms with Crippen LogP contribution in [0.2, 0.25) is 0 Å². The number of hydrogen-bond acceptors (Lipinski definition) is 6. The van der Waals surface area contributed by atoms with Gasteiger partial charge in [-0.2, -0.15) is 5.26 Å². The molecule has 3 aliphatic rings. The van der Waals surface area contributed by atoms with Crippen molar-refractivity contribution in [3.63, 3.8) is 0 Å². The summed E-state index contributed by atoms with van der Waals surface area (Å²) in [6.45, 7) is 8.56. The van der Waals surface area contributed by atoms with Gasteiger partial charge in [0, 0.05) is 44.5 Å². The second kappa shape index (κ2) is 9.10. The van der Waals surface area contributed by atoms with Crippen LogP contribution in [0.4, 0.5) is 5.82 Å². The van der Waals surface area contributed by atoms with Gasteiger partial charge in [0.2, 0.25) is 5.91 Å². The Morgan fingerprint density at radius 2 is 1.90 bits per heavy atom. The fraction of sp³-hybridized carbons (Fsp3) is 0.682. The molecule has 29 heavy (non-hydrogen) atoms. The van der Waals surface area contributed by atoms with Gasteiger partial charge in [-0.05, 0) is 51.3 Å². The smallest absolute Gasteiger partial charge is 0.227 e. The Kier molecular flexibility index (Phi) is 6.31. The summed E-state index contributed by atoms with van der Waals surface area (Å²) in [5.41, 5.74) is 1.60. The lowest BCUT2D eigenvalue weighted by atomic mass is 9.92. The molecule has 0 N–H and O–H groups in total. The third-order valence-electron chi connectivity index (χ3n) is 6.54. The minimum absolute atomic E-state index is 0.128. The molecule has 1 aromatic rings. The second-order valence-electron chi connectivity index (χ2n) is 8.43. The molecule has 0 aliphatic carbocycles. The molecule has 4 heterocycles. The lowest BCUT2D eigenvalue weighted by Gasteiger charge is -2.43. The zero-order valence-electron chi connectivity index (χ0n) is 17.3. The number of nitriles is 1. The third-order valence-corrected chi connectivity index (χ3v) is 6.54. The average molecular weight is 398 g/mol. The summed E-state index contributed by atoms with van der Waals surface area (Å²) in [6.07, 6.45) is 4.21. The molecule has 0 spiro atoms. The van der Waals surface area contributed by atoms with Crippen molar-refractivity contribution in [2.75, 3.05) is 57.4 Å². The van der Waals surface area contributed by atoms with Gasteiger partial charge < -0.3 is 14.5 Å². The maximum Gasteiger partial charge on any atom is 0.227 e. The first kappa shape index (κ1) is 20.1. The molecular formula is C22H31N5O2. The summed E-state index contributed by atoms with van der Waals surface area (Å²) < 4.78 is 5.39. The monoisotopic (exact) mass is 397 g/mol. The first-order chi connectivity index (χ1) is 14.2. The summed E-state index contributed by atoms with van der Waals surface area (Å²) in [4.78, 5) is 24.3. The van der Waals surface area contributed by atoms with Crippen molar-refractivity contribution in [2.24, 2.45) is 5.92 Å². The van der Waals surface area contributed by atoms with Gasteiger partial charge in [-0.25, -0.2) is 4.98 Å². The van der Waals surface area contributed by atoms with Crippen LogP contribution in [0, 0.1) is 24.2 Å². The minimum Gasteiger partial charge on any atom is -0.378 e. The van der Waals surface area contributed by atoms with Crippen molar-refractivity contribution in [1.29, 1.82) is 5.26 Å². The highest BCUT2D eigenvalue weighted by Gasteiger charge is 2.34. The Bertz CT molecular complexity index is 763. The molecule has 0 bridgehead atoms. The predicted octanol–water partition coefficient (Wildman–Crippen LogP) is 1.80. The number of pyridine rings is 1. The number of amides is 1. The minimum atomic E-state index is 0.128. The van der Waals surface area contributed by atoms with E-state index in [-0.39, 0.29) is 5.92 Å². The lowest BCUT2D eigenvalue weighted by molar-refractivity contribution is -0.141. The molecule has 3 aliphatic heterocycles. The molecule has 0 aromatic carbocycles. The van der Waals surface area contributed by atoms with Gasteiger partial charge in [-0.3, -0.25) is 9.69 Å². The highest BCUT2D eigenvalue weighted by molar-refractivity contribution is 5.79. The molecule has 3 fully saturated rings. The van der Waals surface area contributed by atoms with Gasteiger partial charge >= 0.3 is 0 Å². The van der Waals surface area contributed by atoms with E-state index < -0.39 is 0 Å². The van der Waals surface area contributed by atoms with Crippen LogP contribution < -0.4 is 4.90 Å². The van der Waals surface area contributed by atoms with Crippen LogP contribution >= 0.6 is 0 Å². The molecule has 4 rings (SSSR count). The van der Waals surface area contributed by atoms with E-state index in [9.17, 15) is 10.1 Å². The van der Waals surface area contributed by atoms with E-state index in [0.29, 0.717) is 30.7 Å². The first-order valence-electron chi connectivity index (χ1n) is 10.9. The van der Waals surface area contributed by atoms with Crippen LogP contribution in [0.25, 0.3) is 0 Å². The van der Waals surface area contributed by atoms with Crippen LogP contribution in [0.5, 0.6) is 0 Å². The van der Waals surface area contributed by atoms with E-state index >= 15 is 0 Å². The Labute approximate surface area is 173 Å². The highest BCUT2D eigenvalue weighted by Crippen LogP contribution is 2.28. The van der Waals surface area contributed by atoms with Gasteiger partial charge in [-0.15, -0.1) is 0 Å². The number of ether oxygens (including phenoxy) is 1. The molecule has 1 aromatic heterocycles. The molecule has 3 saturated heterocycles.